The summed E-state index contributed by atoms with van der Waals surface area (Å²) in [6, 6.07) is 4.13. The second kappa shape index (κ2) is 7.69. The molecule has 0 fully saturated rings. The number of hydrogen-bond donors (Lipinski definition) is 2. The van der Waals surface area contributed by atoms with Crippen LogP contribution in [-0.4, -0.2) is 11.5 Å². The third-order valence-corrected chi connectivity index (χ3v) is 3.30. The molecule has 1 aromatic heterocycles. The predicted octanol–water partition coefficient (Wildman–Crippen LogP) is 3.86. The Balaban J connectivity index is 2.13. The molecule has 0 saturated heterocycles. The summed E-state index contributed by atoms with van der Waals surface area (Å²) in [7, 11) is 0. The van der Waals surface area contributed by atoms with Crippen molar-refractivity contribution < 1.29 is 0 Å². The van der Waals surface area contributed by atoms with Crippen molar-refractivity contribution in [3.63, 3.8) is 0 Å². The Bertz CT molecular complexity index is 307. The highest BCUT2D eigenvalue weighted by Crippen LogP contribution is 2.12. The molecule has 1 rings (SSSR count). The Kier molecular flexibility index (Phi) is 6.50. The molecule has 0 amide bonds. The highest BCUT2D eigenvalue weighted by Gasteiger charge is 2.03. The summed E-state index contributed by atoms with van der Waals surface area (Å²) in [4.78, 5) is 3.24. The Morgan fingerprint density at radius 1 is 1.56 bits per heavy atom. The van der Waals surface area contributed by atoms with Crippen molar-refractivity contribution in [2.24, 2.45) is 5.92 Å². The van der Waals surface area contributed by atoms with E-state index in [2.05, 4.69) is 45.8 Å². The molecule has 0 aliphatic heterocycles. The number of halogens is 1. The number of aromatic nitrogens is 1. The van der Waals surface area contributed by atoms with E-state index in [0.29, 0.717) is 0 Å². The molecule has 1 unspecified atom stereocenters. The van der Waals surface area contributed by atoms with E-state index in [9.17, 15) is 0 Å². The van der Waals surface area contributed by atoms with E-state index >= 15 is 0 Å². The van der Waals surface area contributed by atoms with Crippen LogP contribution < -0.4 is 5.32 Å². The largest absolute Gasteiger partial charge is 0.352 e. The highest BCUT2D eigenvalue weighted by molar-refractivity contribution is 9.10. The molecule has 90 valence electrons. The van der Waals surface area contributed by atoms with Gasteiger partial charge in [0.2, 0.25) is 0 Å². The zero-order valence-electron chi connectivity index (χ0n) is 9.93. The molecular formula is C13H21BrN2. The number of nitrogens with one attached hydrogen (secondary N) is 2. The van der Waals surface area contributed by atoms with Gasteiger partial charge >= 0.3 is 0 Å². The first kappa shape index (κ1) is 13.5. The van der Waals surface area contributed by atoms with E-state index < -0.39 is 0 Å². The monoisotopic (exact) mass is 284 g/mol. The average molecular weight is 285 g/mol. The van der Waals surface area contributed by atoms with Crippen LogP contribution in [0.4, 0.5) is 0 Å². The van der Waals surface area contributed by atoms with Crippen LogP contribution >= 0.6 is 15.9 Å². The van der Waals surface area contributed by atoms with Crippen LogP contribution in [-0.2, 0) is 6.54 Å². The van der Waals surface area contributed by atoms with E-state index in [0.717, 1.165) is 30.0 Å². The first-order chi connectivity index (χ1) is 7.76. The van der Waals surface area contributed by atoms with Crippen LogP contribution in [0.25, 0.3) is 0 Å². The van der Waals surface area contributed by atoms with Gasteiger partial charge in [0.05, 0.1) is 4.60 Å². The summed E-state index contributed by atoms with van der Waals surface area (Å²) >= 11 is 3.40. The standard InChI is InChI=1S/C13H21BrN2/c1-3-5-11(4-2)8-9-15-10-12-6-7-13(14)16-12/h3,6-7,11,15-16H,1,4-5,8-10H2,2H3. The molecule has 1 heterocycles. The zero-order chi connectivity index (χ0) is 11.8. The summed E-state index contributed by atoms with van der Waals surface area (Å²) in [6.07, 6.45) is 5.62. The minimum absolute atomic E-state index is 0.778. The summed E-state index contributed by atoms with van der Waals surface area (Å²) in [5.74, 6) is 0.778. The van der Waals surface area contributed by atoms with Crippen LogP contribution in [0.3, 0.4) is 0 Å². The molecule has 0 aromatic carbocycles. The fourth-order valence-corrected chi connectivity index (χ4v) is 2.15. The predicted molar refractivity (Wildman–Crippen MR) is 73.4 cm³/mol. The molecule has 0 aliphatic carbocycles. The lowest BCUT2D eigenvalue weighted by Gasteiger charge is -2.12. The minimum Gasteiger partial charge on any atom is -0.352 e. The normalized spacial score (nSPS) is 12.6. The molecular weight excluding hydrogens is 264 g/mol. The molecule has 2 nitrogen and oxygen atoms in total. The SMILES string of the molecule is C=CCC(CC)CCNCc1ccc(Br)[nH]1. The van der Waals surface area contributed by atoms with E-state index in [1.54, 1.807) is 0 Å². The summed E-state index contributed by atoms with van der Waals surface area (Å²) in [6.45, 7) is 8.03. The van der Waals surface area contributed by atoms with E-state index in [1.165, 1.54) is 18.5 Å². The van der Waals surface area contributed by atoms with Crippen LogP contribution in [0, 0.1) is 5.92 Å². The number of aromatic amines is 1. The molecule has 2 N–H and O–H groups in total. The van der Waals surface area contributed by atoms with Crippen LogP contribution in [0.15, 0.2) is 29.4 Å². The van der Waals surface area contributed by atoms with Gasteiger partial charge in [0, 0.05) is 12.2 Å². The summed E-state index contributed by atoms with van der Waals surface area (Å²) in [5.41, 5.74) is 1.23. The fourth-order valence-electron chi connectivity index (χ4n) is 1.77. The maximum absolute atomic E-state index is 3.80. The van der Waals surface area contributed by atoms with Gasteiger partial charge in [-0.1, -0.05) is 19.4 Å². The van der Waals surface area contributed by atoms with Crippen molar-refractivity contribution in [2.45, 2.75) is 32.7 Å². The third kappa shape index (κ3) is 4.99. The molecule has 0 radical (unpaired) electrons. The van der Waals surface area contributed by atoms with Gasteiger partial charge < -0.3 is 10.3 Å². The van der Waals surface area contributed by atoms with Crippen molar-refractivity contribution in [2.75, 3.05) is 6.54 Å². The molecule has 1 aromatic rings. The third-order valence-electron chi connectivity index (χ3n) is 2.83. The van der Waals surface area contributed by atoms with E-state index in [4.69, 9.17) is 0 Å². The number of rotatable bonds is 8. The van der Waals surface area contributed by atoms with E-state index in [1.807, 2.05) is 12.1 Å². The molecule has 0 spiro atoms. The molecule has 3 heteroatoms. The molecule has 0 aliphatic rings. The van der Waals surface area contributed by atoms with Crippen molar-refractivity contribution in [3.05, 3.63) is 35.1 Å². The van der Waals surface area contributed by atoms with Gasteiger partial charge in [0.1, 0.15) is 0 Å². The maximum atomic E-state index is 3.80. The van der Waals surface area contributed by atoms with Crippen molar-refractivity contribution >= 4 is 15.9 Å². The molecule has 0 bridgehead atoms. The number of H-pyrrole nitrogens is 1. The Labute approximate surface area is 107 Å². The minimum atomic E-state index is 0.778. The smallest absolute Gasteiger partial charge is 0.0822 e. The van der Waals surface area contributed by atoms with Gasteiger partial charge in [-0.15, -0.1) is 6.58 Å². The average Bonchev–Trinajstić information content (AvgIpc) is 2.69. The molecule has 1 atom stereocenters. The lowest BCUT2D eigenvalue weighted by atomic mass is 9.99. The quantitative estimate of drug-likeness (QED) is 0.551. The van der Waals surface area contributed by atoms with Crippen molar-refractivity contribution in [3.8, 4) is 0 Å². The zero-order valence-corrected chi connectivity index (χ0v) is 11.5. The first-order valence-corrected chi connectivity index (χ1v) is 6.70. The number of allylic oxidation sites excluding steroid dienone is 1. The lowest BCUT2D eigenvalue weighted by Crippen LogP contribution is -2.17. The maximum Gasteiger partial charge on any atom is 0.0822 e. The van der Waals surface area contributed by atoms with Crippen LogP contribution in [0.5, 0.6) is 0 Å². The Morgan fingerprint density at radius 3 is 2.94 bits per heavy atom. The van der Waals surface area contributed by atoms with Gasteiger partial charge in [-0.25, -0.2) is 0 Å². The van der Waals surface area contributed by atoms with Crippen LogP contribution in [0.2, 0.25) is 0 Å². The Morgan fingerprint density at radius 2 is 2.38 bits per heavy atom. The van der Waals surface area contributed by atoms with Gasteiger partial charge in [-0.3, -0.25) is 0 Å². The summed E-state index contributed by atoms with van der Waals surface area (Å²) < 4.78 is 1.04. The summed E-state index contributed by atoms with van der Waals surface area (Å²) in [5, 5.41) is 3.45. The number of hydrogen-bond acceptors (Lipinski definition) is 1. The van der Waals surface area contributed by atoms with Gasteiger partial charge in [0.15, 0.2) is 0 Å². The Hall–Kier alpha value is -0.540. The fraction of sp³-hybridized carbons (Fsp3) is 0.538. The molecule has 16 heavy (non-hydrogen) atoms. The topological polar surface area (TPSA) is 27.8 Å². The van der Waals surface area contributed by atoms with Crippen LogP contribution in [0.1, 0.15) is 31.9 Å². The van der Waals surface area contributed by atoms with Gasteiger partial charge in [-0.05, 0) is 53.4 Å². The van der Waals surface area contributed by atoms with Crippen molar-refractivity contribution in [1.29, 1.82) is 0 Å². The van der Waals surface area contributed by atoms with Gasteiger partial charge in [-0.2, -0.15) is 0 Å². The first-order valence-electron chi connectivity index (χ1n) is 5.91. The second-order valence-electron chi connectivity index (χ2n) is 4.10. The van der Waals surface area contributed by atoms with Crippen molar-refractivity contribution in [1.82, 2.24) is 10.3 Å². The molecule has 0 saturated carbocycles. The lowest BCUT2D eigenvalue weighted by molar-refractivity contribution is 0.455. The van der Waals surface area contributed by atoms with E-state index in [-0.39, 0.29) is 0 Å². The second-order valence-corrected chi connectivity index (χ2v) is 4.95. The highest BCUT2D eigenvalue weighted by atomic mass is 79.9. The van der Waals surface area contributed by atoms with Gasteiger partial charge in [0.25, 0.3) is 0 Å².